The molecule has 3 aliphatic heterocycles. The summed E-state index contributed by atoms with van der Waals surface area (Å²) in [6.45, 7) is 2.91. The first kappa shape index (κ1) is 23.1. The molecule has 36 heavy (non-hydrogen) atoms. The molecule has 10 heteroatoms. The molecule has 6 rings (SSSR count). The number of aliphatic imine (C=N–C) groups is 1. The topological polar surface area (TPSA) is 105 Å². The van der Waals surface area contributed by atoms with Crippen molar-refractivity contribution in [2.75, 3.05) is 13.2 Å². The number of carbonyl (C=O) groups is 1. The number of ether oxygens (including phenoxy) is 1. The lowest BCUT2D eigenvalue weighted by molar-refractivity contribution is -0.136. The molecule has 7 nitrogen and oxygen atoms in total. The summed E-state index contributed by atoms with van der Waals surface area (Å²) in [5.74, 6) is -1.33. The highest BCUT2D eigenvalue weighted by atomic mass is 32.2. The van der Waals surface area contributed by atoms with E-state index in [-0.39, 0.29) is 40.4 Å². The van der Waals surface area contributed by atoms with Crippen molar-refractivity contribution in [2.24, 2.45) is 16.6 Å². The van der Waals surface area contributed by atoms with Gasteiger partial charge in [0.1, 0.15) is 22.5 Å². The number of amides is 1. The number of fused-ring (bicyclic) bond motifs is 3. The molecule has 4 heterocycles. The summed E-state index contributed by atoms with van der Waals surface area (Å²) in [5.41, 5.74) is 6.24. The van der Waals surface area contributed by atoms with E-state index in [2.05, 4.69) is 9.98 Å². The van der Waals surface area contributed by atoms with Gasteiger partial charge in [-0.2, -0.15) is 5.26 Å². The van der Waals surface area contributed by atoms with Crippen LogP contribution in [0.5, 0.6) is 0 Å². The Hall–Kier alpha value is -3.29. The summed E-state index contributed by atoms with van der Waals surface area (Å²) in [6, 6.07) is 9.23. The van der Waals surface area contributed by atoms with Gasteiger partial charge in [-0.15, -0.1) is 0 Å². The number of thioether (sulfide) groups is 1. The molecule has 1 aromatic heterocycles. The maximum absolute atomic E-state index is 15.2. The van der Waals surface area contributed by atoms with Crippen LogP contribution in [0.4, 0.5) is 8.78 Å². The number of rotatable bonds is 4. The van der Waals surface area contributed by atoms with Crippen molar-refractivity contribution < 1.29 is 18.3 Å². The fourth-order valence-electron chi connectivity index (χ4n) is 5.79. The molecule has 2 saturated heterocycles. The van der Waals surface area contributed by atoms with Gasteiger partial charge >= 0.3 is 0 Å². The zero-order chi connectivity index (χ0) is 25.2. The number of pyridine rings is 1. The number of morpholine rings is 1. The van der Waals surface area contributed by atoms with Gasteiger partial charge in [-0.25, -0.2) is 8.78 Å². The fraction of sp³-hybridized carbons (Fsp3) is 0.385. The number of hydrogen-bond donors (Lipinski definition) is 1. The highest BCUT2D eigenvalue weighted by Gasteiger charge is 2.72. The highest BCUT2D eigenvalue weighted by molar-refractivity contribution is 8.15. The largest absolute Gasteiger partial charge is 0.378 e. The number of aromatic nitrogens is 1. The van der Waals surface area contributed by atoms with Gasteiger partial charge in [0.25, 0.3) is 0 Å². The van der Waals surface area contributed by atoms with E-state index in [1.807, 2.05) is 11.0 Å². The standard InChI is InChI=1S/C26H23F2N5O2S/c1-25(18-6-14(2-4-19(18)27)7-20(28)21-5-3-15(10-29)11-31-21)22-9-26(22,36-24(30)32-25)23(34)33-12-17-8-16(33)13-35-17/h2-7,11,16-17,22H,8-9,12-13H2,1H3,(H2,30,32)/b20-7-/t16?,17?,22-,25+,26-/m0/s1. The Morgan fingerprint density at radius 1 is 1.39 bits per heavy atom. The third-order valence-corrected chi connectivity index (χ3v) is 9.00. The molecule has 2 bridgehead atoms. The van der Waals surface area contributed by atoms with Crippen LogP contribution in [0.1, 0.15) is 42.1 Å². The van der Waals surface area contributed by atoms with E-state index >= 15 is 4.39 Å². The minimum absolute atomic E-state index is 0.0202. The van der Waals surface area contributed by atoms with Gasteiger partial charge < -0.3 is 15.4 Å². The number of nitrogens with zero attached hydrogens (tertiary/aromatic N) is 4. The first-order chi connectivity index (χ1) is 17.2. The Morgan fingerprint density at radius 3 is 2.89 bits per heavy atom. The van der Waals surface area contributed by atoms with Crippen molar-refractivity contribution in [3.8, 4) is 6.07 Å². The van der Waals surface area contributed by atoms with Gasteiger partial charge in [-0.1, -0.05) is 17.8 Å². The van der Waals surface area contributed by atoms with Crippen molar-refractivity contribution in [1.82, 2.24) is 9.88 Å². The molecular formula is C26H23F2N5O2S. The first-order valence-electron chi connectivity index (χ1n) is 11.7. The predicted molar refractivity (Wildman–Crippen MR) is 132 cm³/mol. The van der Waals surface area contributed by atoms with Crippen molar-refractivity contribution >= 4 is 34.7 Å². The molecule has 4 aliphatic rings. The number of hydrogen-bond acceptors (Lipinski definition) is 7. The van der Waals surface area contributed by atoms with Crippen molar-refractivity contribution in [2.45, 2.75) is 42.2 Å². The summed E-state index contributed by atoms with van der Waals surface area (Å²) in [6.07, 6.45) is 4.02. The molecule has 0 spiro atoms. The summed E-state index contributed by atoms with van der Waals surface area (Å²) < 4.78 is 35.0. The van der Waals surface area contributed by atoms with E-state index in [1.54, 1.807) is 13.0 Å². The number of benzene rings is 1. The van der Waals surface area contributed by atoms with Crippen LogP contribution in [0.15, 0.2) is 41.5 Å². The minimum atomic E-state index is -1.07. The van der Waals surface area contributed by atoms with E-state index in [4.69, 9.17) is 15.7 Å². The van der Waals surface area contributed by atoms with Crippen LogP contribution in [-0.4, -0.2) is 51.0 Å². The number of nitriles is 1. The summed E-state index contributed by atoms with van der Waals surface area (Å²) in [5, 5.41) is 9.15. The molecule has 1 aliphatic carbocycles. The van der Waals surface area contributed by atoms with E-state index in [9.17, 15) is 9.18 Å². The van der Waals surface area contributed by atoms with Gasteiger partial charge in [0.2, 0.25) is 5.91 Å². The lowest BCUT2D eigenvalue weighted by Gasteiger charge is -2.37. The van der Waals surface area contributed by atoms with Crippen molar-refractivity contribution in [3.63, 3.8) is 0 Å². The van der Waals surface area contributed by atoms with Gasteiger partial charge in [0.15, 0.2) is 5.17 Å². The second kappa shape index (κ2) is 8.11. The molecule has 0 radical (unpaired) electrons. The third-order valence-electron chi connectivity index (χ3n) is 7.71. The molecule has 5 atom stereocenters. The molecule has 3 fully saturated rings. The third kappa shape index (κ3) is 3.52. The van der Waals surface area contributed by atoms with Crippen LogP contribution < -0.4 is 5.73 Å². The quantitative estimate of drug-likeness (QED) is 0.678. The highest BCUT2D eigenvalue weighted by Crippen LogP contribution is 2.67. The zero-order valence-electron chi connectivity index (χ0n) is 19.4. The second-order valence-corrected chi connectivity index (χ2v) is 11.3. The number of amidine groups is 1. The Balaban J connectivity index is 1.32. The minimum Gasteiger partial charge on any atom is -0.378 e. The number of carbonyl (C=O) groups excluding carboxylic acids is 1. The first-order valence-corrected chi connectivity index (χ1v) is 12.6. The maximum atomic E-state index is 15.2. The van der Waals surface area contributed by atoms with E-state index < -0.39 is 21.9 Å². The van der Waals surface area contributed by atoms with Gasteiger partial charge in [0, 0.05) is 24.2 Å². The zero-order valence-corrected chi connectivity index (χ0v) is 20.3. The normalized spacial score (nSPS) is 32.6. The maximum Gasteiger partial charge on any atom is 0.240 e. The van der Waals surface area contributed by atoms with E-state index in [1.165, 1.54) is 48.3 Å². The smallest absolute Gasteiger partial charge is 0.240 e. The fourth-order valence-corrected chi connectivity index (χ4v) is 7.22. The average Bonchev–Trinajstić information content (AvgIpc) is 3.25. The van der Waals surface area contributed by atoms with Crippen LogP contribution >= 0.6 is 11.8 Å². The summed E-state index contributed by atoms with van der Waals surface area (Å²) in [4.78, 5) is 24.2. The van der Waals surface area contributed by atoms with Gasteiger partial charge in [-0.3, -0.25) is 14.8 Å². The molecule has 1 amide bonds. The Kier molecular flexibility index (Phi) is 5.21. The Bertz CT molecular complexity index is 1370. The number of halogens is 2. The SMILES string of the molecule is C[C@]1(c2cc(/C=C(\F)c3ccc(C#N)cn3)ccc2F)N=C(N)S[C@@]2(C(=O)N3CC4CC3CO4)C[C@H]21. The van der Waals surface area contributed by atoms with Gasteiger partial charge in [0.05, 0.1) is 35.5 Å². The van der Waals surface area contributed by atoms with Crippen LogP contribution in [0, 0.1) is 23.1 Å². The van der Waals surface area contributed by atoms with Crippen LogP contribution in [0.25, 0.3) is 11.9 Å². The van der Waals surface area contributed by atoms with E-state index in [0.717, 1.165) is 6.42 Å². The van der Waals surface area contributed by atoms with Crippen LogP contribution in [-0.2, 0) is 15.1 Å². The van der Waals surface area contributed by atoms with Crippen LogP contribution in [0.3, 0.4) is 0 Å². The summed E-state index contributed by atoms with van der Waals surface area (Å²) >= 11 is 1.27. The average molecular weight is 508 g/mol. The molecule has 184 valence electrons. The van der Waals surface area contributed by atoms with Crippen molar-refractivity contribution in [1.29, 1.82) is 5.26 Å². The molecule has 2 unspecified atom stereocenters. The van der Waals surface area contributed by atoms with E-state index in [0.29, 0.717) is 30.7 Å². The lowest BCUT2D eigenvalue weighted by atomic mass is 9.84. The van der Waals surface area contributed by atoms with Crippen LogP contribution in [0.2, 0.25) is 0 Å². The second-order valence-electron chi connectivity index (χ2n) is 9.92. The molecular weight excluding hydrogens is 484 g/mol. The molecule has 2 aromatic rings. The summed E-state index contributed by atoms with van der Waals surface area (Å²) in [7, 11) is 0. The Labute approximate surface area is 211 Å². The molecule has 1 saturated carbocycles. The predicted octanol–water partition coefficient (Wildman–Crippen LogP) is 3.60. The van der Waals surface area contributed by atoms with Gasteiger partial charge in [-0.05, 0) is 55.7 Å². The van der Waals surface area contributed by atoms with Crippen molar-refractivity contribution in [3.05, 3.63) is 64.7 Å². The molecule has 2 N–H and O–H groups in total. The number of likely N-dealkylation sites (tertiary alicyclic amines) is 1. The monoisotopic (exact) mass is 507 g/mol. The lowest BCUT2D eigenvalue weighted by Crippen LogP contribution is -2.50. The number of nitrogens with two attached hydrogens (primary N) is 1. The Morgan fingerprint density at radius 2 is 2.22 bits per heavy atom. The molecule has 1 aromatic carbocycles.